The summed E-state index contributed by atoms with van der Waals surface area (Å²) >= 11 is 0. The molecule has 122 valence electrons. The molecular formula is C12H20N6O4. The molecule has 2 aromatic rings. The number of nitrogen functional groups attached to an aromatic ring is 1. The molecule has 0 aliphatic carbocycles. The van der Waals surface area contributed by atoms with Gasteiger partial charge in [0.1, 0.15) is 0 Å². The Morgan fingerprint density at radius 1 is 1.45 bits per heavy atom. The van der Waals surface area contributed by atoms with Crippen LogP contribution in [0.5, 0.6) is 0 Å². The molecule has 2 aromatic heterocycles. The topological polar surface area (TPSA) is 140 Å². The number of aryl methyl sites for hydroxylation is 1. The number of anilines is 1. The number of aliphatic hydroxyl groups is 1. The lowest BCUT2D eigenvalue weighted by molar-refractivity contribution is -0.000106. The van der Waals surface area contributed by atoms with E-state index in [4.69, 9.17) is 10.6 Å². The number of nitrogens with two attached hydrogens (primary N) is 1. The van der Waals surface area contributed by atoms with Crippen molar-refractivity contribution in [3.63, 3.8) is 0 Å². The molecule has 1 atom stereocenters. The summed E-state index contributed by atoms with van der Waals surface area (Å²) in [5.41, 5.74) is 1.52. The number of hydrogen-bond donors (Lipinski definition) is 4. The maximum Gasteiger partial charge on any atom is 0.329 e. The minimum absolute atomic E-state index is 0.0227. The van der Waals surface area contributed by atoms with E-state index in [9.17, 15) is 14.7 Å². The summed E-state index contributed by atoms with van der Waals surface area (Å²) in [4.78, 5) is 29.9. The molecule has 0 bridgehead atoms. The molecule has 2 rings (SSSR count). The molecule has 22 heavy (non-hydrogen) atoms. The lowest BCUT2D eigenvalue weighted by Crippen LogP contribution is -2.31. The number of hydrogen-bond acceptors (Lipinski definition) is 7. The highest BCUT2D eigenvalue weighted by molar-refractivity contribution is 5.74. The van der Waals surface area contributed by atoms with Gasteiger partial charge in [-0.05, 0) is 13.8 Å². The first-order valence-electron chi connectivity index (χ1n) is 6.81. The minimum Gasteiger partial charge on any atom is -0.389 e. The van der Waals surface area contributed by atoms with E-state index >= 15 is 0 Å². The lowest BCUT2D eigenvalue weighted by atomic mass is 10.3. The van der Waals surface area contributed by atoms with Crippen LogP contribution < -0.4 is 22.5 Å². The third kappa shape index (κ3) is 3.03. The third-order valence-corrected chi connectivity index (χ3v) is 3.15. The van der Waals surface area contributed by atoms with Crippen molar-refractivity contribution < 1.29 is 9.84 Å². The average molecular weight is 312 g/mol. The van der Waals surface area contributed by atoms with E-state index in [1.807, 2.05) is 13.8 Å². The summed E-state index contributed by atoms with van der Waals surface area (Å²) in [6.45, 7) is 3.86. The molecule has 10 heteroatoms. The molecule has 0 saturated heterocycles. The summed E-state index contributed by atoms with van der Waals surface area (Å²) < 4.78 is 7.95. The van der Waals surface area contributed by atoms with E-state index < -0.39 is 17.4 Å². The van der Waals surface area contributed by atoms with E-state index in [0.29, 0.717) is 0 Å². The molecule has 1 unspecified atom stereocenters. The van der Waals surface area contributed by atoms with Gasteiger partial charge in [-0.1, -0.05) is 0 Å². The molecule has 0 aliphatic rings. The van der Waals surface area contributed by atoms with E-state index in [1.165, 1.54) is 16.2 Å². The zero-order valence-corrected chi connectivity index (χ0v) is 12.7. The third-order valence-electron chi connectivity index (χ3n) is 3.15. The van der Waals surface area contributed by atoms with Crippen molar-refractivity contribution in [1.29, 1.82) is 0 Å². The van der Waals surface area contributed by atoms with Crippen molar-refractivity contribution in [2.45, 2.75) is 32.6 Å². The number of ether oxygens (including phenoxy) is 1. The Bertz CT molecular complexity index is 774. The van der Waals surface area contributed by atoms with Gasteiger partial charge in [-0.25, -0.2) is 10.6 Å². The lowest BCUT2D eigenvalue weighted by Gasteiger charge is -2.15. The first-order chi connectivity index (χ1) is 10.3. The van der Waals surface area contributed by atoms with E-state index in [-0.39, 0.29) is 36.4 Å². The highest BCUT2D eigenvalue weighted by atomic mass is 16.5. The Kier molecular flexibility index (Phi) is 4.64. The van der Waals surface area contributed by atoms with Crippen LogP contribution in [0.4, 0.5) is 5.95 Å². The maximum absolute atomic E-state index is 12.0. The van der Waals surface area contributed by atoms with Crippen molar-refractivity contribution in [2.24, 2.45) is 12.9 Å². The zero-order chi connectivity index (χ0) is 16.4. The quantitative estimate of drug-likeness (QED) is 0.375. The molecule has 0 fully saturated rings. The molecule has 2 heterocycles. The summed E-state index contributed by atoms with van der Waals surface area (Å²) in [6.07, 6.45) is -0.881. The van der Waals surface area contributed by atoms with Crippen LogP contribution >= 0.6 is 0 Å². The number of rotatable bonds is 6. The van der Waals surface area contributed by atoms with Crippen molar-refractivity contribution in [3.8, 4) is 0 Å². The van der Waals surface area contributed by atoms with E-state index in [0.717, 1.165) is 0 Å². The van der Waals surface area contributed by atoms with Gasteiger partial charge in [0.2, 0.25) is 5.95 Å². The second kappa shape index (κ2) is 6.30. The normalized spacial score (nSPS) is 13.0. The largest absolute Gasteiger partial charge is 0.389 e. The highest BCUT2D eigenvalue weighted by Crippen LogP contribution is 2.15. The number of hydrazine groups is 1. The fraction of sp³-hybridized carbons (Fsp3) is 0.583. The molecule has 0 amide bonds. The maximum atomic E-state index is 12.0. The van der Waals surface area contributed by atoms with Crippen LogP contribution in [0.25, 0.3) is 11.2 Å². The Balaban J connectivity index is 2.46. The van der Waals surface area contributed by atoms with Gasteiger partial charge in [-0.3, -0.25) is 19.8 Å². The van der Waals surface area contributed by atoms with Gasteiger partial charge in [0, 0.05) is 7.05 Å². The van der Waals surface area contributed by atoms with Gasteiger partial charge in [0.25, 0.3) is 5.56 Å². The highest BCUT2D eigenvalue weighted by Gasteiger charge is 2.19. The second-order valence-electron chi connectivity index (χ2n) is 5.22. The summed E-state index contributed by atoms with van der Waals surface area (Å²) in [5, 5.41) is 10.0. The van der Waals surface area contributed by atoms with Crippen LogP contribution in [-0.2, 0) is 18.3 Å². The van der Waals surface area contributed by atoms with E-state index in [2.05, 4.69) is 15.4 Å². The van der Waals surface area contributed by atoms with Gasteiger partial charge in [0.05, 0.1) is 25.4 Å². The number of fused-ring (bicyclic) bond motifs is 1. The molecular weight excluding hydrogens is 292 g/mol. The van der Waals surface area contributed by atoms with Gasteiger partial charge in [-0.2, -0.15) is 4.98 Å². The van der Waals surface area contributed by atoms with Gasteiger partial charge >= 0.3 is 5.69 Å². The molecule has 0 saturated carbocycles. The van der Waals surface area contributed by atoms with Crippen LogP contribution in [0.2, 0.25) is 0 Å². The SMILES string of the molecule is CC(C)OCC(O)Cn1c(NN)nc2c1c(=O)[nH]c(=O)n2C. The van der Waals surface area contributed by atoms with Crippen LogP contribution in [0.1, 0.15) is 13.8 Å². The predicted molar refractivity (Wildman–Crippen MR) is 80.5 cm³/mol. The number of aliphatic hydroxyl groups excluding tert-OH is 1. The van der Waals surface area contributed by atoms with Crippen molar-refractivity contribution in [1.82, 2.24) is 19.1 Å². The molecule has 10 nitrogen and oxygen atoms in total. The monoisotopic (exact) mass is 312 g/mol. The fourth-order valence-corrected chi connectivity index (χ4v) is 2.09. The number of aromatic amines is 1. The molecule has 5 N–H and O–H groups in total. The second-order valence-corrected chi connectivity index (χ2v) is 5.22. The fourth-order valence-electron chi connectivity index (χ4n) is 2.09. The summed E-state index contributed by atoms with van der Waals surface area (Å²) in [5.74, 6) is 5.58. The van der Waals surface area contributed by atoms with E-state index in [1.54, 1.807) is 0 Å². The Morgan fingerprint density at radius 3 is 2.73 bits per heavy atom. The molecule has 0 aliphatic heterocycles. The number of nitrogens with zero attached hydrogens (tertiary/aromatic N) is 3. The summed E-state index contributed by atoms with van der Waals surface area (Å²) in [7, 11) is 1.48. The Morgan fingerprint density at radius 2 is 2.14 bits per heavy atom. The van der Waals surface area contributed by atoms with Crippen LogP contribution in [0, 0.1) is 0 Å². The molecule has 0 radical (unpaired) electrons. The first-order valence-corrected chi connectivity index (χ1v) is 6.81. The smallest absolute Gasteiger partial charge is 0.329 e. The van der Waals surface area contributed by atoms with Gasteiger partial charge < -0.3 is 14.4 Å². The van der Waals surface area contributed by atoms with Crippen molar-refractivity contribution in [2.75, 3.05) is 12.0 Å². The Hall–Kier alpha value is -2.17. The molecule has 0 aromatic carbocycles. The minimum atomic E-state index is -0.858. The number of aromatic nitrogens is 4. The van der Waals surface area contributed by atoms with Crippen molar-refractivity contribution in [3.05, 3.63) is 20.8 Å². The number of imidazole rings is 1. The Labute approximate surface area is 125 Å². The zero-order valence-electron chi connectivity index (χ0n) is 12.7. The average Bonchev–Trinajstić information content (AvgIpc) is 2.82. The van der Waals surface area contributed by atoms with Crippen LogP contribution in [0.15, 0.2) is 9.59 Å². The van der Waals surface area contributed by atoms with Crippen molar-refractivity contribution >= 4 is 17.1 Å². The number of H-pyrrole nitrogens is 1. The van der Waals surface area contributed by atoms with Crippen LogP contribution in [0.3, 0.4) is 0 Å². The van der Waals surface area contributed by atoms with Gasteiger partial charge in [-0.15, -0.1) is 0 Å². The van der Waals surface area contributed by atoms with Gasteiger partial charge in [0.15, 0.2) is 11.2 Å². The molecule has 0 spiro atoms. The standard InChI is InChI=1S/C12H20N6O4/c1-6(2)22-5-7(19)4-18-8-9(14-11(18)16-13)17(3)12(21)15-10(8)20/h6-7,19H,4-5,13H2,1-3H3,(H,14,16)(H,15,20,21). The number of nitrogens with one attached hydrogen (secondary N) is 2. The van der Waals surface area contributed by atoms with Crippen LogP contribution in [-0.4, -0.2) is 43.0 Å². The first kappa shape index (κ1) is 16.2. The summed E-state index contributed by atoms with van der Waals surface area (Å²) in [6, 6.07) is 0. The predicted octanol–water partition coefficient (Wildman–Crippen LogP) is -1.51.